The fraction of sp³-hybridized carbons (Fsp3) is 0.188. The molecule has 0 radical (unpaired) electrons. The Labute approximate surface area is 238 Å². The number of anilines is 1. The first-order chi connectivity index (χ1) is 19.9. The van der Waals surface area contributed by atoms with Gasteiger partial charge in [0.05, 0.1) is 29.5 Å². The zero-order valence-corrected chi connectivity index (χ0v) is 23.3. The zero-order chi connectivity index (χ0) is 28.9. The van der Waals surface area contributed by atoms with Crippen LogP contribution in [0.15, 0.2) is 89.5 Å². The predicted octanol–water partition coefficient (Wildman–Crippen LogP) is 5.99. The Hall–Kier alpha value is -5.05. The van der Waals surface area contributed by atoms with Crippen LogP contribution in [0.3, 0.4) is 0 Å². The maximum Gasteiger partial charge on any atom is 0.224 e. The number of amides is 1. The normalized spacial score (nSPS) is 15.7. The van der Waals surface area contributed by atoms with Gasteiger partial charge < -0.3 is 21.5 Å². The van der Waals surface area contributed by atoms with Gasteiger partial charge in [-0.15, -0.1) is 0 Å². The zero-order valence-electron chi connectivity index (χ0n) is 23.3. The molecule has 0 spiro atoms. The van der Waals surface area contributed by atoms with Crippen molar-refractivity contribution in [2.45, 2.75) is 33.6 Å². The second kappa shape index (κ2) is 12.0. The average molecular weight is 550 g/mol. The molecule has 4 aromatic rings. The van der Waals surface area contributed by atoms with Crippen LogP contribution in [0.1, 0.15) is 43.6 Å². The third-order valence-electron chi connectivity index (χ3n) is 6.96. The lowest BCUT2D eigenvalue weighted by Gasteiger charge is -2.19. The number of hydrogen-bond acceptors (Lipinski definition) is 6. The summed E-state index contributed by atoms with van der Waals surface area (Å²) in [4.78, 5) is 24.8. The number of allylic oxidation sites excluding steroid dienone is 3. The molecule has 0 fully saturated rings. The van der Waals surface area contributed by atoms with E-state index in [1.165, 1.54) is 12.3 Å². The molecule has 1 aliphatic heterocycles. The SMILES string of the molecule is C\C=C1/CNN=C(c2nc3c(C)ccc(-c4ccccc4F)c3[nH]2)/C1=C/C(=C\N)c1cncc(NC(=O)CCC)c1. The van der Waals surface area contributed by atoms with E-state index in [9.17, 15) is 9.18 Å². The first kappa shape index (κ1) is 27.5. The van der Waals surface area contributed by atoms with E-state index in [2.05, 4.69) is 25.8 Å². The summed E-state index contributed by atoms with van der Waals surface area (Å²) in [6.07, 6.45) is 9.96. The van der Waals surface area contributed by atoms with E-state index in [1.54, 1.807) is 24.5 Å². The topological polar surface area (TPSA) is 121 Å². The number of hydrazone groups is 1. The van der Waals surface area contributed by atoms with Crippen molar-refractivity contribution in [3.8, 4) is 11.1 Å². The van der Waals surface area contributed by atoms with E-state index >= 15 is 0 Å². The Balaban J connectivity index is 1.59. The molecular weight excluding hydrogens is 517 g/mol. The number of fused-ring (bicyclic) bond motifs is 1. The van der Waals surface area contributed by atoms with Crippen molar-refractivity contribution < 1.29 is 9.18 Å². The van der Waals surface area contributed by atoms with Crippen LogP contribution in [0.5, 0.6) is 0 Å². The van der Waals surface area contributed by atoms with Crippen LogP contribution in [0.4, 0.5) is 10.1 Å². The Morgan fingerprint density at radius 2 is 2.00 bits per heavy atom. The summed E-state index contributed by atoms with van der Waals surface area (Å²) < 4.78 is 14.8. The van der Waals surface area contributed by atoms with Crippen LogP contribution in [-0.2, 0) is 4.79 Å². The summed E-state index contributed by atoms with van der Waals surface area (Å²) in [5, 5.41) is 7.52. The maximum atomic E-state index is 14.8. The predicted molar refractivity (Wildman–Crippen MR) is 163 cm³/mol. The lowest BCUT2D eigenvalue weighted by Crippen LogP contribution is -2.26. The molecule has 3 heterocycles. The molecule has 8 nitrogen and oxygen atoms in total. The molecule has 0 saturated heterocycles. The fourth-order valence-electron chi connectivity index (χ4n) is 4.85. The molecule has 2 aromatic carbocycles. The third-order valence-corrected chi connectivity index (χ3v) is 6.96. The number of aryl methyl sites for hydroxylation is 1. The highest BCUT2D eigenvalue weighted by Gasteiger charge is 2.24. The Morgan fingerprint density at radius 1 is 1.17 bits per heavy atom. The first-order valence-electron chi connectivity index (χ1n) is 13.5. The number of pyridine rings is 1. The number of benzene rings is 2. The molecule has 0 aliphatic carbocycles. The molecule has 5 rings (SSSR count). The number of H-pyrrole nitrogens is 1. The van der Waals surface area contributed by atoms with E-state index in [1.807, 2.05) is 57.2 Å². The van der Waals surface area contributed by atoms with Crippen LogP contribution in [0.25, 0.3) is 27.7 Å². The van der Waals surface area contributed by atoms with Crippen LogP contribution in [0.2, 0.25) is 0 Å². The molecule has 9 heteroatoms. The number of halogens is 1. The number of nitrogens with zero attached hydrogens (tertiary/aromatic N) is 3. The standard InChI is InChI=1S/C32H32FN7O/c1-4-8-28(41)37-23-13-22(16-35-18-23)21(15-34)14-26-20(5-2)17-36-40-31(26)32-38-29-19(3)11-12-25(30(29)39-32)24-9-6-7-10-27(24)33/h5-7,9-16,18,36H,4,8,17,34H2,1-3H3,(H,37,41)(H,38,39)/b20-5+,21-15+,26-14+. The molecule has 0 bridgehead atoms. The van der Waals surface area contributed by atoms with Gasteiger partial charge in [-0.05, 0) is 55.2 Å². The van der Waals surface area contributed by atoms with Gasteiger partial charge in [-0.3, -0.25) is 9.78 Å². The lowest BCUT2D eigenvalue weighted by atomic mass is 9.94. The van der Waals surface area contributed by atoms with Crippen LogP contribution >= 0.6 is 0 Å². The summed E-state index contributed by atoms with van der Waals surface area (Å²) in [5.41, 5.74) is 17.3. The van der Waals surface area contributed by atoms with Gasteiger partial charge in [-0.25, -0.2) is 9.37 Å². The van der Waals surface area contributed by atoms with Crippen LogP contribution < -0.4 is 16.5 Å². The van der Waals surface area contributed by atoms with Crippen LogP contribution in [0, 0.1) is 12.7 Å². The Bertz CT molecular complexity index is 1750. The summed E-state index contributed by atoms with van der Waals surface area (Å²) in [5.74, 6) is 0.170. The molecule has 0 saturated carbocycles. The first-order valence-corrected chi connectivity index (χ1v) is 13.5. The second-order valence-electron chi connectivity index (χ2n) is 9.77. The van der Waals surface area contributed by atoms with Gasteiger partial charge in [-0.2, -0.15) is 5.10 Å². The highest BCUT2D eigenvalue weighted by molar-refractivity contribution is 6.16. The van der Waals surface area contributed by atoms with Crippen molar-refractivity contribution in [2.75, 3.05) is 11.9 Å². The quantitative estimate of drug-likeness (QED) is 0.226. The summed E-state index contributed by atoms with van der Waals surface area (Å²) in [7, 11) is 0. The van der Waals surface area contributed by atoms with Crippen molar-refractivity contribution >= 4 is 33.9 Å². The monoisotopic (exact) mass is 549 g/mol. The number of aromatic nitrogens is 3. The fourth-order valence-corrected chi connectivity index (χ4v) is 4.85. The number of rotatable bonds is 7. The summed E-state index contributed by atoms with van der Waals surface area (Å²) >= 11 is 0. The number of hydrogen-bond donors (Lipinski definition) is 4. The number of carbonyl (C=O) groups is 1. The number of carbonyl (C=O) groups excluding carboxylic acids is 1. The van der Waals surface area contributed by atoms with E-state index in [0.29, 0.717) is 41.3 Å². The van der Waals surface area contributed by atoms with Gasteiger partial charge in [-0.1, -0.05) is 43.3 Å². The number of imidazole rings is 1. The summed E-state index contributed by atoms with van der Waals surface area (Å²) in [6, 6.07) is 12.4. The maximum absolute atomic E-state index is 14.8. The molecule has 0 unspecified atom stereocenters. The Kier molecular flexibility index (Phi) is 8.05. The molecule has 0 atom stereocenters. The van der Waals surface area contributed by atoms with E-state index in [0.717, 1.165) is 45.3 Å². The smallest absolute Gasteiger partial charge is 0.224 e. The van der Waals surface area contributed by atoms with Crippen molar-refractivity contribution in [1.29, 1.82) is 0 Å². The number of nitrogens with one attached hydrogen (secondary N) is 3. The average Bonchev–Trinajstić information content (AvgIpc) is 3.43. The highest BCUT2D eigenvalue weighted by atomic mass is 19.1. The van der Waals surface area contributed by atoms with Gasteiger partial charge in [0, 0.05) is 41.1 Å². The molecule has 5 N–H and O–H groups in total. The molecule has 208 valence electrons. The van der Waals surface area contributed by atoms with Gasteiger partial charge in [0.1, 0.15) is 11.5 Å². The molecule has 1 amide bonds. The molecule has 2 aromatic heterocycles. The van der Waals surface area contributed by atoms with Crippen LogP contribution in [-0.4, -0.2) is 33.1 Å². The minimum absolute atomic E-state index is 0.0676. The molecule has 1 aliphatic rings. The number of nitrogens with two attached hydrogens (primary N) is 1. The number of aromatic amines is 1. The van der Waals surface area contributed by atoms with Gasteiger partial charge in [0.15, 0.2) is 5.82 Å². The lowest BCUT2D eigenvalue weighted by molar-refractivity contribution is -0.116. The minimum Gasteiger partial charge on any atom is -0.404 e. The largest absolute Gasteiger partial charge is 0.404 e. The van der Waals surface area contributed by atoms with Crippen molar-refractivity contribution in [3.63, 3.8) is 0 Å². The molecule has 41 heavy (non-hydrogen) atoms. The van der Waals surface area contributed by atoms with E-state index in [-0.39, 0.29) is 11.7 Å². The van der Waals surface area contributed by atoms with Gasteiger partial charge in [0.2, 0.25) is 5.91 Å². The third kappa shape index (κ3) is 5.65. The van der Waals surface area contributed by atoms with Crippen molar-refractivity contribution in [1.82, 2.24) is 20.4 Å². The second-order valence-corrected chi connectivity index (χ2v) is 9.77. The van der Waals surface area contributed by atoms with E-state index in [4.69, 9.17) is 10.7 Å². The van der Waals surface area contributed by atoms with E-state index < -0.39 is 0 Å². The molecular formula is C32H32FN7O. The van der Waals surface area contributed by atoms with Gasteiger partial charge in [0.25, 0.3) is 0 Å². The Morgan fingerprint density at radius 3 is 2.76 bits per heavy atom. The van der Waals surface area contributed by atoms with Gasteiger partial charge >= 0.3 is 0 Å². The van der Waals surface area contributed by atoms with Crippen molar-refractivity contribution in [3.05, 3.63) is 107 Å². The minimum atomic E-state index is -0.304. The highest BCUT2D eigenvalue weighted by Crippen LogP contribution is 2.33. The van der Waals surface area contributed by atoms with Crippen molar-refractivity contribution in [2.24, 2.45) is 10.8 Å². The summed E-state index contributed by atoms with van der Waals surface area (Å²) in [6.45, 7) is 6.41.